The minimum Gasteiger partial charge on any atom is -0.465 e. The summed E-state index contributed by atoms with van der Waals surface area (Å²) in [6, 6.07) is 18.4. The van der Waals surface area contributed by atoms with Gasteiger partial charge >= 0.3 is 12.2 Å². The molecule has 0 radical (unpaired) electrons. The highest BCUT2D eigenvalue weighted by atomic mass is 16.5. The zero-order valence-electron chi connectivity index (χ0n) is 29.6. The van der Waals surface area contributed by atoms with Crippen molar-refractivity contribution in [2.45, 2.75) is 70.5 Å². The van der Waals surface area contributed by atoms with Crippen LogP contribution < -0.4 is 5.32 Å². The Morgan fingerprint density at radius 2 is 1.48 bits per heavy atom. The first-order valence-corrected chi connectivity index (χ1v) is 18.1. The number of ether oxygens (including phenoxy) is 1. The van der Waals surface area contributed by atoms with E-state index in [4.69, 9.17) is 9.72 Å². The molecule has 268 valence electrons. The number of nitrogens with one attached hydrogen (secondary N) is 3. The number of methoxy groups -OCH3 is 1. The molecule has 2 aliphatic heterocycles. The molecule has 0 unspecified atom stereocenters. The Bertz CT molecular complexity index is 2190. The van der Waals surface area contributed by atoms with Gasteiger partial charge in [-0.3, -0.25) is 9.69 Å². The number of H-pyrrole nitrogens is 2. The summed E-state index contributed by atoms with van der Waals surface area (Å²) in [4.78, 5) is 57.0. The van der Waals surface area contributed by atoms with Gasteiger partial charge in [-0.25, -0.2) is 19.6 Å². The third-order valence-electron chi connectivity index (χ3n) is 11.0. The molecule has 8 rings (SSSR count). The Kier molecular flexibility index (Phi) is 8.68. The van der Waals surface area contributed by atoms with Crippen molar-refractivity contribution >= 4 is 29.1 Å². The number of likely N-dealkylation sites (tertiary alicyclic amines) is 2. The highest BCUT2D eigenvalue weighted by Crippen LogP contribution is 2.39. The zero-order valence-corrected chi connectivity index (χ0v) is 29.6. The lowest BCUT2D eigenvalue weighted by atomic mass is 9.83. The van der Waals surface area contributed by atoms with E-state index in [1.165, 1.54) is 34.3 Å². The van der Waals surface area contributed by atoms with E-state index in [1.54, 1.807) is 0 Å². The number of carboxylic acid groups (broad SMARTS) is 1. The maximum Gasteiger partial charge on any atom is 0.407 e. The van der Waals surface area contributed by atoms with E-state index in [2.05, 4.69) is 68.8 Å². The average Bonchev–Trinajstić information content (AvgIpc) is 3.98. The van der Waals surface area contributed by atoms with Crippen LogP contribution in [0.15, 0.2) is 60.8 Å². The highest BCUT2D eigenvalue weighted by Gasteiger charge is 2.38. The molecule has 3 aromatic carbocycles. The lowest BCUT2D eigenvalue weighted by Crippen LogP contribution is -2.51. The highest BCUT2D eigenvalue weighted by molar-refractivity contribution is 5.87. The first-order chi connectivity index (χ1) is 25.2. The Morgan fingerprint density at radius 1 is 0.846 bits per heavy atom. The fraction of sp³-hybridized carbons (Fsp3) is 0.375. The molecular weight excluding hydrogens is 658 g/mol. The van der Waals surface area contributed by atoms with Crippen LogP contribution in [0.2, 0.25) is 0 Å². The van der Waals surface area contributed by atoms with Gasteiger partial charge < -0.3 is 30.0 Å². The number of aryl methyl sites for hydroxylation is 2. The standard InChI is InChI=1S/C40H43N7O5/c1-22(2)35(45-39(49)52-3)38(48)46-16-4-7-34(46)37-42-30-15-12-24(20-31(30)43-37)23-10-13-28-25(18-23)8-9-26-19-27(11-14-29(26)28)32-21-41-36(44-32)33-6-5-17-47(33)40(50)51/h10-15,18-22,33-35H,4-9,16-17H2,1-3H3,(H,41,44)(H,42,43)(H,45,49)(H,50,51)/t33-,34-,35-/m0/s1. The van der Waals surface area contributed by atoms with Gasteiger partial charge in [-0.1, -0.05) is 50.2 Å². The molecular formula is C40H43N7O5. The van der Waals surface area contributed by atoms with Gasteiger partial charge in [0, 0.05) is 13.1 Å². The second kappa shape index (κ2) is 13.5. The van der Waals surface area contributed by atoms with Crippen LogP contribution in [0, 0.1) is 5.92 Å². The maximum atomic E-state index is 13.6. The first kappa shape index (κ1) is 33.5. The second-order valence-corrected chi connectivity index (χ2v) is 14.5. The predicted octanol–water partition coefficient (Wildman–Crippen LogP) is 7.24. The molecule has 3 aliphatic rings. The monoisotopic (exact) mass is 701 g/mol. The number of carbonyl (C=O) groups excluding carboxylic acids is 2. The van der Waals surface area contributed by atoms with Crippen molar-refractivity contribution in [2.75, 3.05) is 20.2 Å². The molecule has 2 fully saturated rings. The van der Waals surface area contributed by atoms with E-state index < -0.39 is 18.2 Å². The van der Waals surface area contributed by atoms with Crippen molar-refractivity contribution in [1.82, 2.24) is 35.1 Å². The van der Waals surface area contributed by atoms with Crippen LogP contribution in [0.5, 0.6) is 0 Å². The van der Waals surface area contributed by atoms with Crippen molar-refractivity contribution in [3.05, 3.63) is 83.6 Å². The summed E-state index contributed by atoms with van der Waals surface area (Å²) in [5, 5.41) is 12.3. The molecule has 2 saturated heterocycles. The summed E-state index contributed by atoms with van der Waals surface area (Å²) in [6.45, 7) is 4.97. The van der Waals surface area contributed by atoms with Crippen LogP contribution >= 0.6 is 0 Å². The average molecular weight is 702 g/mol. The number of amides is 3. The second-order valence-electron chi connectivity index (χ2n) is 14.5. The number of carbonyl (C=O) groups is 3. The number of aromatic nitrogens is 4. The van der Waals surface area contributed by atoms with Gasteiger partial charge in [0.1, 0.15) is 17.7 Å². The molecule has 12 heteroatoms. The van der Waals surface area contributed by atoms with Crippen LogP contribution in [0.1, 0.15) is 74.4 Å². The third-order valence-corrected chi connectivity index (χ3v) is 11.0. The van der Waals surface area contributed by atoms with Crippen LogP contribution in [0.4, 0.5) is 9.59 Å². The molecule has 1 aliphatic carbocycles. The Morgan fingerprint density at radius 3 is 2.17 bits per heavy atom. The van der Waals surface area contributed by atoms with E-state index in [-0.39, 0.29) is 23.9 Å². The zero-order chi connectivity index (χ0) is 36.1. The van der Waals surface area contributed by atoms with Gasteiger partial charge in [-0.2, -0.15) is 0 Å². The van der Waals surface area contributed by atoms with Crippen molar-refractivity contribution < 1.29 is 24.2 Å². The fourth-order valence-electron chi connectivity index (χ4n) is 8.24. The summed E-state index contributed by atoms with van der Waals surface area (Å²) in [7, 11) is 1.30. The van der Waals surface area contributed by atoms with Gasteiger partial charge in [0.05, 0.1) is 42.1 Å². The third kappa shape index (κ3) is 6.05. The minimum absolute atomic E-state index is 0.0966. The lowest BCUT2D eigenvalue weighted by Gasteiger charge is -2.29. The van der Waals surface area contributed by atoms with Gasteiger partial charge in [-0.15, -0.1) is 0 Å². The number of aromatic amines is 2. The molecule has 4 heterocycles. The molecule has 4 N–H and O–H groups in total. The van der Waals surface area contributed by atoms with Crippen LogP contribution in [0.3, 0.4) is 0 Å². The number of alkyl carbamates (subject to hydrolysis) is 1. The topological polar surface area (TPSA) is 157 Å². The molecule has 3 atom stereocenters. The molecule has 12 nitrogen and oxygen atoms in total. The summed E-state index contributed by atoms with van der Waals surface area (Å²) in [5.41, 5.74) is 11.0. The smallest absolute Gasteiger partial charge is 0.407 e. The molecule has 3 amide bonds. The summed E-state index contributed by atoms with van der Waals surface area (Å²) < 4.78 is 4.77. The van der Waals surface area contributed by atoms with E-state index in [0.717, 1.165) is 77.8 Å². The summed E-state index contributed by atoms with van der Waals surface area (Å²) in [6.07, 6.45) is 5.41. The Balaban J connectivity index is 1.01. The first-order valence-electron chi connectivity index (χ1n) is 18.1. The normalized spacial score (nSPS) is 18.8. The quantitative estimate of drug-likeness (QED) is 0.139. The number of benzene rings is 3. The van der Waals surface area contributed by atoms with Crippen molar-refractivity contribution in [2.24, 2.45) is 5.92 Å². The predicted molar refractivity (Wildman–Crippen MR) is 197 cm³/mol. The van der Waals surface area contributed by atoms with E-state index in [0.29, 0.717) is 18.9 Å². The number of hydrogen-bond donors (Lipinski definition) is 4. The lowest BCUT2D eigenvalue weighted by molar-refractivity contribution is -0.135. The van der Waals surface area contributed by atoms with Gasteiger partial charge in [-0.05, 0) is 102 Å². The van der Waals surface area contributed by atoms with Crippen LogP contribution in [-0.2, 0) is 22.4 Å². The van der Waals surface area contributed by atoms with Crippen molar-refractivity contribution in [3.8, 4) is 33.5 Å². The van der Waals surface area contributed by atoms with E-state index >= 15 is 0 Å². The van der Waals surface area contributed by atoms with Crippen molar-refractivity contribution in [1.29, 1.82) is 0 Å². The molecule has 0 spiro atoms. The van der Waals surface area contributed by atoms with Crippen LogP contribution in [0.25, 0.3) is 44.5 Å². The molecule has 0 bridgehead atoms. The largest absolute Gasteiger partial charge is 0.465 e. The fourth-order valence-corrected chi connectivity index (χ4v) is 8.24. The maximum absolute atomic E-state index is 13.6. The summed E-state index contributed by atoms with van der Waals surface area (Å²) in [5.74, 6) is 1.24. The molecule has 5 aromatic rings. The Hall–Kier alpha value is -5.65. The SMILES string of the molecule is COC(=O)N[C@H](C(=O)N1CCC[C@H]1c1nc2ccc(-c3ccc4c(c3)CCc3cc(-c5cnc([C@@H]6CCCN6C(=O)O)[nH]5)ccc3-4)cc2[nH]1)C(C)C. The number of imidazole rings is 2. The molecule has 2 aromatic heterocycles. The van der Waals surface area contributed by atoms with E-state index in [9.17, 15) is 19.5 Å². The van der Waals surface area contributed by atoms with Gasteiger partial charge in [0.25, 0.3) is 0 Å². The van der Waals surface area contributed by atoms with Gasteiger partial charge in [0.15, 0.2) is 0 Å². The molecule has 52 heavy (non-hydrogen) atoms. The Labute approximate surface area is 301 Å². The van der Waals surface area contributed by atoms with Crippen LogP contribution in [-0.4, -0.2) is 79.2 Å². The number of fused-ring (bicyclic) bond motifs is 4. The molecule has 0 saturated carbocycles. The number of rotatable bonds is 7. The number of nitrogens with zero attached hydrogens (tertiary/aromatic N) is 4. The van der Waals surface area contributed by atoms with E-state index in [1.807, 2.05) is 31.0 Å². The van der Waals surface area contributed by atoms with Crippen molar-refractivity contribution in [3.63, 3.8) is 0 Å². The summed E-state index contributed by atoms with van der Waals surface area (Å²) >= 11 is 0. The van der Waals surface area contributed by atoms with Gasteiger partial charge in [0.2, 0.25) is 5.91 Å². The minimum atomic E-state index is -0.902. The number of hydrogen-bond acceptors (Lipinski definition) is 6.